The van der Waals surface area contributed by atoms with Crippen molar-refractivity contribution in [3.63, 3.8) is 0 Å². The van der Waals surface area contributed by atoms with Crippen molar-refractivity contribution in [2.45, 2.75) is 69.7 Å². The van der Waals surface area contributed by atoms with Gasteiger partial charge in [-0.3, -0.25) is 0 Å². The van der Waals surface area contributed by atoms with E-state index in [9.17, 15) is 51.7 Å². The van der Waals surface area contributed by atoms with Crippen LogP contribution in [0.5, 0.6) is 34.9 Å². The van der Waals surface area contributed by atoms with Crippen LogP contribution in [-0.4, -0.2) is 174 Å². The van der Waals surface area contributed by atoms with E-state index in [1.54, 1.807) is 97.3 Å². The molecule has 6 aromatic carbocycles. The lowest BCUT2D eigenvalue weighted by Crippen LogP contribution is -2.52. The molecular formula is C83H84N10O13. The van der Waals surface area contributed by atoms with Gasteiger partial charge in [-0.25, -0.2) is 15.0 Å². The Hall–Kier alpha value is -10.9. The SMILES string of the molecule is CO.COc1nc(C#N)cc2c1[C@]1(O)[C@H](O)[C@H](CN(C)C)[C@@H](c3ccccc3)[C@]1(c1ccc(C#N)cc1)O2.COc1nccc2c1[C@]1(O)[C@H](O)[C@H](CN(C)C)[C@@H](c3ccccc3)[C@]1(c1ccc(C#N)cc1)O2.COc1nccc2c1[C@]1(O)[C@H](O)[C@H](CN(C)C)[C@@H](c3ccccc3)[C@]1(c1ccc(C#N)cc1)O2. The quantitative estimate of drug-likeness (QED) is 0.0514. The monoisotopic (exact) mass is 1430 g/mol. The Morgan fingerprint density at radius 3 is 0.943 bits per heavy atom. The van der Waals surface area contributed by atoms with E-state index in [2.05, 4.69) is 33.2 Å². The number of fused-ring (bicyclic) bond motifs is 9. The van der Waals surface area contributed by atoms with Crippen LogP contribution in [0.25, 0.3) is 0 Å². The Bertz CT molecular complexity index is 4630. The van der Waals surface area contributed by atoms with Crippen LogP contribution in [0, 0.1) is 63.1 Å². The topological polar surface area (TPSA) is 341 Å². The lowest BCUT2D eigenvalue weighted by Gasteiger charge is -2.41. The van der Waals surface area contributed by atoms with Crippen molar-refractivity contribution in [2.24, 2.45) is 17.8 Å². The number of methoxy groups -OCH3 is 3. The molecule has 3 aliphatic heterocycles. The van der Waals surface area contributed by atoms with Gasteiger partial charge >= 0.3 is 0 Å². The smallest absolute Gasteiger partial charge is 0.224 e. The van der Waals surface area contributed by atoms with E-state index in [0.29, 0.717) is 75.6 Å². The van der Waals surface area contributed by atoms with Crippen LogP contribution >= 0.6 is 0 Å². The molecule has 23 heteroatoms. The van der Waals surface area contributed by atoms with Crippen LogP contribution in [0.1, 0.15) is 90.2 Å². The molecule has 7 N–H and O–H groups in total. The summed E-state index contributed by atoms with van der Waals surface area (Å²) in [6.07, 6.45) is -0.512. The van der Waals surface area contributed by atoms with Crippen molar-refractivity contribution in [3.05, 3.63) is 267 Å². The number of benzene rings is 6. The molecule has 3 saturated carbocycles. The second-order valence-corrected chi connectivity index (χ2v) is 28.0. The minimum atomic E-state index is -1.97. The number of hydrogen-bond donors (Lipinski definition) is 7. The summed E-state index contributed by atoms with van der Waals surface area (Å²) in [5.74, 6) is -1.02. The van der Waals surface area contributed by atoms with Gasteiger partial charge in [0, 0.05) is 80.7 Å². The molecule has 0 bridgehead atoms. The summed E-state index contributed by atoms with van der Waals surface area (Å²) in [4.78, 5) is 18.9. The average Bonchev–Trinajstić information content (AvgIpc) is 1.51. The molecule has 3 aliphatic carbocycles. The zero-order valence-electron chi connectivity index (χ0n) is 60.3. The fraction of sp³-hybridized carbons (Fsp3) is 0.337. The molecule has 0 unspecified atom stereocenters. The number of pyridine rings is 3. The molecule has 0 amide bonds. The number of rotatable bonds is 15. The van der Waals surface area contributed by atoms with E-state index in [1.807, 2.05) is 154 Å². The Morgan fingerprint density at radius 1 is 0.396 bits per heavy atom. The molecule has 0 radical (unpaired) electrons. The molecule has 23 nitrogen and oxygen atoms in total. The number of ether oxygens (including phenoxy) is 6. The minimum Gasteiger partial charge on any atom is -0.481 e. The van der Waals surface area contributed by atoms with Gasteiger partial charge in [-0.2, -0.15) is 21.0 Å². The van der Waals surface area contributed by atoms with Gasteiger partial charge in [0.15, 0.2) is 33.6 Å². The zero-order chi connectivity index (χ0) is 75.8. The van der Waals surface area contributed by atoms with Gasteiger partial charge in [-0.1, -0.05) is 127 Å². The van der Waals surface area contributed by atoms with Crippen molar-refractivity contribution < 1.29 is 64.2 Å². The highest BCUT2D eigenvalue weighted by Crippen LogP contribution is 2.73. The maximum atomic E-state index is 12.7. The van der Waals surface area contributed by atoms with Gasteiger partial charge in [0.2, 0.25) is 17.6 Å². The first-order chi connectivity index (χ1) is 51.1. The second kappa shape index (κ2) is 29.6. The van der Waals surface area contributed by atoms with Gasteiger partial charge in [-0.15, -0.1) is 0 Å². The molecule has 15 rings (SSSR count). The fourth-order valence-corrected chi connectivity index (χ4v) is 17.9. The Labute approximate surface area is 615 Å². The number of nitriles is 4. The van der Waals surface area contributed by atoms with Crippen LogP contribution in [0.4, 0.5) is 0 Å². The normalized spacial score (nSPS) is 28.4. The summed E-state index contributed by atoms with van der Waals surface area (Å²) in [5.41, 5.74) is -2.80. The van der Waals surface area contributed by atoms with Crippen molar-refractivity contribution >= 4 is 0 Å². The Morgan fingerprint density at radius 2 is 0.679 bits per heavy atom. The Kier molecular flexibility index (Phi) is 20.9. The maximum Gasteiger partial charge on any atom is 0.224 e. The molecule has 15 atom stereocenters. The highest BCUT2D eigenvalue weighted by molar-refractivity contribution is 5.63. The standard InChI is InChI=1S/C28H26N4O4.2C27H27N3O4.CH4O/c1-32(2)16-21-23(18-7-5-4-6-8-18)28(19-11-9-17(14-29)10-12-19)27(34,25(21)33)24-22(36-28)13-20(15-30)31-26(24)35-3;2*1-30(2)16-20-22(18-7-5-4-6-8-18)27(19-11-9-17(15-28)10-12-19)26(32,24(20)31)23-21(34-27)13-14-29-25(23)33-3;1-2/h4-13,21,23,25,33-34H,16H2,1-3H3;2*4-14,20,22,24,31-32H,16H2,1-3H3;2H,1H3/t21-,23-,25-,27+,28+;2*20-,22-,24-,26+,27+;/m111./s1. The first kappa shape index (κ1) is 74.8. The van der Waals surface area contributed by atoms with Gasteiger partial charge in [0.05, 0.1) is 91.2 Å². The second-order valence-electron chi connectivity index (χ2n) is 28.0. The third-order valence-corrected chi connectivity index (χ3v) is 21.7. The predicted molar refractivity (Wildman–Crippen MR) is 389 cm³/mol. The van der Waals surface area contributed by atoms with E-state index < -0.39 is 75.6 Å². The zero-order valence-corrected chi connectivity index (χ0v) is 60.3. The van der Waals surface area contributed by atoms with E-state index in [-0.39, 0.29) is 46.5 Å². The minimum absolute atomic E-state index is 0.0263. The third-order valence-electron chi connectivity index (χ3n) is 21.7. The summed E-state index contributed by atoms with van der Waals surface area (Å²) in [6, 6.07) is 63.5. The Balaban J connectivity index is 0.000000147. The largest absolute Gasteiger partial charge is 0.481 e. The van der Waals surface area contributed by atoms with Gasteiger partial charge in [-0.05, 0) is 124 Å². The molecule has 3 aromatic heterocycles. The molecule has 106 heavy (non-hydrogen) atoms. The lowest BCUT2D eigenvalue weighted by molar-refractivity contribution is -0.152. The summed E-state index contributed by atoms with van der Waals surface area (Å²) in [6.45, 7) is 1.50. The van der Waals surface area contributed by atoms with E-state index in [1.165, 1.54) is 27.4 Å². The number of nitrogens with zero attached hydrogens (tertiary/aromatic N) is 10. The fourth-order valence-electron chi connectivity index (χ4n) is 17.9. The summed E-state index contributed by atoms with van der Waals surface area (Å²) < 4.78 is 36.8. The third kappa shape index (κ3) is 11.4. The highest BCUT2D eigenvalue weighted by Gasteiger charge is 2.80. The summed E-state index contributed by atoms with van der Waals surface area (Å²) >= 11 is 0. The van der Waals surface area contributed by atoms with E-state index in [4.69, 9.17) is 33.5 Å². The average molecular weight is 1430 g/mol. The number of aliphatic hydroxyl groups excluding tert-OH is 4. The highest BCUT2D eigenvalue weighted by atomic mass is 16.6. The van der Waals surface area contributed by atoms with Gasteiger partial charge in [0.25, 0.3) is 0 Å². The molecular weight excluding hydrogens is 1340 g/mol. The predicted octanol–water partition coefficient (Wildman–Crippen LogP) is 7.80. The molecule has 6 heterocycles. The van der Waals surface area contributed by atoms with Crippen molar-refractivity contribution in [1.82, 2.24) is 29.7 Å². The van der Waals surface area contributed by atoms with E-state index >= 15 is 0 Å². The van der Waals surface area contributed by atoms with Crippen molar-refractivity contribution in [1.29, 1.82) is 21.0 Å². The summed E-state index contributed by atoms with van der Waals surface area (Å²) in [7, 11) is 17.0. The maximum absolute atomic E-state index is 12.7. The van der Waals surface area contributed by atoms with E-state index in [0.717, 1.165) is 23.8 Å². The van der Waals surface area contributed by atoms with Gasteiger partial charge < -0.3 is 78.9 Å². The van der Waals surface area contributed by atoms with Gasteiger partial charge in [0.1, 0.15) is 29.0 Å². The van der Waals surface area contributed by atoms with Crippen LogP contribution in [0.3, 0.4) is 0 Å². The van der Waals surface area contributed by atoms with Crippen LogP contribution < -0.4 is 28.4 Å². The van der Waals surface area contributed by atoms with Crippen LogP contribution in [0.15, 0.2) is 194 Å². The molecule has 6 aliphatic rings. The number of aromatic nitrogens is 3. The van der Waals surface area contributed by atoms with Crippen LogP contribution in [0.2, 0.25) is 0 Å². The molecule has 544 valence electrons. The van der Waals surface area contributed by atoms with Crippen LogP contribution in [-0.2, 0) is 33.6 Å². The molecule has 9 aromatic rings. The van der Waals surface area contributed by atoms with Crippen molar-refractivity contribution in [3.8, 4) is 59.2 Å². The lowest BCUT2D eigenvalue weighted by atomic mass is 9.70. The molecule has 3 fully saturated rings. The van der Waals surface area contributed by atoms with Crippen molar-refractivity contribution in [2.75, 3.05) is 90.4 Å². The first-order valence-electron chi connectivity index (χ1n) is 34.5. The molecule has 0 spiro atoms. The number of aliphatic hydroxyl groups is 7. The first-order valence-corrected chi connectivity index (χ1v) is 34.5. The number of hydrogen-bond acceptors (Lipinski definition) is 23. The summed E-state index contributed by atoms with van der Waals surface area (Å²) in [5, 5.41) is 118. The molecule has 0 saturated heterocycles.